The first-order valence-corrected chi connectivity index (χ1v) is 4.63. The van der Waals surface area contributed by atoms with Crippen molar-refractivity contribution in [2.24, 2.45) is 0 Å². The van der Waals surface area contributed by atoms with E-state index in [0.717, 1.165) is 11.3 Å². The predicted octanol–water partition coefficient (Wildman–Crippen LogP) is 3.84. The van der Waals surface area contributed by atoms with Crippen LogP contribution in [-0.2, 0) is 0 Å². The molecule has 1 aromatic heterocycles. The fraction of sp³-hybridized carbons (Fsp3) is 0.0769. The summed E-state index contributed by atoms with van der Waals surface area (Å²) >= 11 is 0. The Balaban J connectivity index is 2.28. The monoisotopic (exact) mass is 184 g/mol. The summed E-state index contributed by atoms with van der Waals surface area (Å²) in [4.78, 5) is 0. The second kappa shape index (κ2) is 3.97. The molecule has 0 aliphatic carbocycles. The highest BCUT2D eigenvalue weighted by Gasteiger charge is 1.97. The molecule has 0 amide bonds. The number of allylic oxidation sites excluding steroid dienone is 1. The van der Waals surface area contributed by atoms with Crippen molar-refractivity contribution in [1.29, 1.82) is 0 Å². The molecule has 0 fully saturated rings. The topological polar surface area (TPSA) is 13.1 Å². The van der Waals surface area contributed by atoms with Crippen molar-refractivity contribution in [3.63, 3.8) is 0 Å². The lowest BCUT2D eigenvalue weighted by molar-refractivity contribution is 0.553. The Morgan fingerprint density at radius 3 is 2.50 bits per heavy atom. The molecule has 0 bridgehead atoms. The van der Waals surface area contributed by atoms with E-state index < -0.39 is 0 Å². The van der Waals surface area contributed by atoms with Crippen LogP contribution in [-0.4, -0.2) is 0 Å². The van der Waals surface area contributed by atoms with Gasteiger partial charge in [0.05, 0.1) is 6.26 Å². The third-order valence-electron chi connectivity index (χ3n) is 2.09. The van der Waals surface area contributed by atoms with Gasteiger partial charge in [-0.1, -0.05) is 30.3 Å². The van der Waals surface area contributed by atoms with Crippen LogP contribution in [0.5, 0.6) is 0 Å². The summed E-state index contributed by atoms with van der Waals surface area (Å²) in [6.45, 7) is 2.05. The Labute approximate surface area is 83.7 Å². The molecule has 0 saturated carbocycles. The molecule has 0 unspecified atom stereocenters. The zero-order valence-electron chi connectivity index (χ0n) is 8.10. The molecule has 0 aliphatic heterocycles. The van der Waals surface area contributed by atoms with Gasteiger partial charge in [-0.05, 0) is 36.3 Å². The van der Waals surface area contributed by atoms with Crippen LogP contribution in [0.15, 0.2) is 53.1 Å². The second-order valence-corrected chi connectivity index (χ2v) is 3.22. The summed E-state index contributed by atoms with van der Waals surface area (Å²) in [7, 11) is 0. The molecule has 0 aliphatic rings. The van der Waals surface area contributed by atoms with E-state index >= 15 is 0 Å². The Morgan fingerprint density at radius 1 is 1.07 bits per heavy atom. The van der Waals surface area contributed by atoms with Gasteiger partial charge in [0.15, 0.2) is 0 Å². The summed E-state index contributed by atoms with van der Waals surface area (Å²) < 4.78 is 5.30. The highest BCUT2D eigenvalue weighted by atomic mass is 16.3. The zero-order valence-corrected chi connectivity index (χ0v) is 8.10. The lowest BCUT2D eigenvalue weighted by atomic mass is 10.1. The minimum absolute atomic E-state index is 0.925. The second-order valence-electron chi connectivity index (χ2n) is 3.22. The molecule has 14 heavy (non-hydrogen) atoms. The molecular formula is C13H12O. The standard InChI is InChI=1S/C13H12O/c1-11(13-8-5-9-14-13)10-12-6-3-2-4-7-12/h2-10H,1H3/b11-10-. The highest BCUT2D eigenvalue weighted by Crippen LogP contribution is 2.17. The van der Waals surface area contributed by atoms with Crippen molar-refractivity contribution < 1.29 is 4.42 Å². The minimum atomic E-state index is 0.925. The summed E-state index contributed by atoms with van der Waals surface area (Å²) in [5.41, 5.74) is 2.34. The fourth-order valence-electron chi connectivity index (χ4n) is 1.37. The third-order valence-corrected chi connectivity index (χ3v) is 2.09. The van der Waals surface area contributed by atoms with Gasteiger partial charge in [-0.15, -0.1) is 0 Å². The Kier molecular flexibility index (Phi) is 2.50. The molecule has 0 atom stereocenters. The molecule has 70 valence electrons. The van der Waals surface area contributed by atoms with Crippen LogP contribution in [0.2, 0.25) is 0 Å². The molecule has 0 N–H and O–H groups in total. The van der Waals surface area contributed by atoms with Gasteiger partial charge in [0.25, 0.3) is 0 Å². The number of hydrogen-bond donors (Lipinski definition) is 0. The maximum atomic E-state index is 5.30. The van der Waals surface area contributed by atoms with Gasteiger partial charge < -0.3 is 4.42 Å². The summed E-state index contributed by atoms with van der Waals surface area (Å²) in [5, 5.41) is 0. The average molecular weight is 184 g/mol. The fourth-order valence-corrected chi connectivity index (χ4v) is 1.37. The Morgan fingerprint density at radius 2 is 1.86 bits per heavy atom. The largest absolute Gasteiger partial charge is 0.465 e. The quantitative estimate of drug-likeness (QED) is 0.691. The van der Waals surface area contributed by atoms with Crippen LogP contribution in [0.25, 0.3) is 11.6 Å². The molecule has 2 rings (SSSR count). The summed E-state index contributed by atoms with van der Waals surface area (Å²) in [6.07, 6.45) is 3.80. The zero-order chi connectivity index (χ0) is 9.80. The van der Waals surface area contributed by atoms with Crippen molar-refractivity contribution in [2.45, 2.75) is 6.92 Å². The number of hydrogen-bond acceptors (Lipinski definition) is 1. The van der Waals surface area contributed by atoms with E-state index in [2.05, 4.69) is 18.2 Å². The van der Waals surface area contributed by atoms with E-state index in [0.29, 0.717) is 0 Å². The maximum Gasteiger partial charge on any atom is 0.129 e. The first-order chi connectivity index (χ1) is 6.86. The summed E-state index contributed by atoms with van der Waals surface area (Å²) in [6, 6.07) is 14.1. The van der Waals surface area contributed by atoms with Crippen LogP contribution in [0.4, 0.5) is 0 Å². The van der Waals surface area contributed by atoms with Crippen LogP contribution >= 0.6 is 0 Å². The molecule has 0 spiro atoms. The van der Waals surface area contributed by atoms with Gasteiger partial charge in [0.2, 0.25) is 0 Å². The average Bonchev–Trinajstić information content (AvgIpc) is 2.72. The van der Waals surface area contributed by atoms with Crippen molar-refractivity contribution in [3.8, 4) is 0 Å². The molecular weight excluding hydrogens is 172 g/mol. The van der Waals surface area contributed by atoms with Crippen molar-refractivity contribution in [2.75, 3.05) is 0 Å². The van der Waals surface area contributed by atoms with Gasteiger partial charge in [-0.25, -0.2) is 0 Å². The number of furan rings is 1. The van der Waals surface area contributed by atoms with Gasteiger partial charge in [-0.3, -0.25) is 0 Å². The molecule has 2 aromatic rings. The molecule has 0 radical (unpaired) electrons. The molecule has 1 nitrogen and oxygen atoms in total. The van der Waals surface area contributed by atoms with Gasteiger partial charge in [-0.2, -0.15) is 0 Å². The normalized spacial score (nSPS) is 11.6. The number of rotatable bonds is 2. The Bertz CT molecular complexity index is 410. The SMILES string of the molecule is C/C(=C/c1ccccc1)c1ccco1. The maximum absolute atomic E-state index is 5.30. The van der Waals surface area contributed by atoms with E-state index in [1.807, 2.05) is 37.3 Å². The van der Waals surface area contributed by atoms with Gasteiger partial charge in [0, 0.05) is 0 Å². The summed E-state index contributed by atoms with van der Waals surface area (Å²) in [5.74, 6) is 0.925. The minimum Gasteiger partial charge on any atom is -0.465 e. The van der Waals surface area contributed by atoms with Crippen molar-refractivity contribution in [3.05, 3.63) is 60.1 Å². The molecule has 1 heteroatoms. The molecule has 0 saturated heterocycles. The van der Waals surface area contributed by atoms with E-state index in [9.17, 15) is 0 Å². The van der Waals surface area contributed by atoms with Crippen molar-refractivity contribution in [1.82, 2.24) is 0 Å². The van der Waals surface area contributed by atoms with Crippen LogP contribution in [0, 0.1) is 0 Å². The van der Waals surface area contributed by atoms with Gasteiger partial charge in [0.1, 0.15) is 5.76 Å². The smallest absolute Gasteiger partial charge is 0.129 e. The Hall–Kier alpha value is -1.76. The predicted molar refractivity (Wildman–Crippen MR) is 58.7 cm³/mol. The van der Waals surface area contributed by atoms with E-state index in [1.165, 1.54) is 5.56 Å². The van der Waals surface area contributed by atoms with Gasteiger partial charge >= 0.3 is 0 Å². The molecule has 1 heterocycles. The number of benzene rings is 1. The van der Waals surface area contributed by atoms with Crippen LogP contribution < -0.4 is 0 Å². The highest BCUT2D eigenvalue weighted by molar-refractivity contribution is 5.77. The van der Waals surface area contributed by atoms with E-state index in [-0.39, 0.29) is 0 Å². The lowest BCUT2D eigenvalue weighted by Gasteiger charge is -1.96. The van der Waals surface area contributed by atoms with E-state index in [1.54, 1.807) is 6.26 Å². The lowest BCUT2D eigenvalue weighted by Crippen LogP contribution is -1.75. The molecule has 1 aromatic carbocycles. The van der Waals surface area contributed by atoms with E-state index in [4.69, 9.17) is 4.42 Å². The van der Waals surface area contributed by atoms with Crippen molar-refractivity contribution >= 4 is 11.6 Å². The first kappa shape index (κ1) is 8.82. The first-order valence-electron chi connectivity index (χ1n) is 4.63. The van der Waals surface area contributed by atoms with Crippen LogP contribution in [0.3, 0.4) is 0 Å². The third kappa shape index (κ3) is 1.94. The van der Waals surface area contributed by atoms with Crippen LogP contribution in [0.1, 0.15) is 18.2 Å².